The summed E-state index contributed by atoms with van der Waals surface area (Å²) in [5.74, 6) is -0.0169. The zero-order valence-corrected chi connectivity index (χ0v) is 15.8. The molecule has 0 bridgehead atoms. The third-order valence-electron chi connectivity index (χ3n) is 4.20. The number of aryl methyl sites for hydroxylation is 1. The molecule has 0 amide bonds. The van der Waals surface area contributed by atoms with E-state index in [-0.39, 0.29) is 23.7 Å². The summed E-state index contributed by atoms with van der Waals surface area (Å²) in [6, 6.07) is 14.8. The van der Waals surface area contributed by atoms with Gasteiger partial charge >= 0.3 is 11.7 Å². The molecule has 3 aromatic rings. The summed E-state index contributed by atoms with van der Waals surface area (Å²) in [7, 11) is 1.67. The van der Waals surface area contributed by atoms with Crippen molar-refractivity contribution in [3.05, 3.63) is 76.1 Å². The number of rotatable bonds is 6. The molecule has 0 saturated heterocycles. The molecule has 1 heterocycles. The second-order valence-corrected chi connectivity index (χ2v) is 6.06. The fraction of sp³-hybridized carbons (Fsp3) is 0.143. The van der Waals surface area contributed by atoms with Crippen LogP contribution < -0.4 is 4.74 Å². The number of esters is 1. The van der Waals surface area contributed by atoms with Crippen molar-refractivity contribution in [3.63, 3.8) is 0 Å². The number of nitro benzene ring substituents is 1. The number of nitriles is 1. The van der Waals surface area contributed by atoms with E-state index in [4.69, 9.17) is 9.47 Å². The van der Waals surface area contributed by atoms with Crippen molar-refractivity contribution in [2.45, 2.75) is 6.92 Å². The molecular weight excluding hydrogens is 374 g/mol. The average molecular weight is 391 g/mol. The van der Waals surface area contributed by atoms with Crippen LogP contribution in [0.4, 0.5) is 5.69 Å². The molecule has 0 aliphatic rings. The van der Waals surface area contributed by atoms with Crippen molar-refractivity contribution in [2.24, 2.45) is 7.05 Å². The summed E-state index contributed by atoms with van der Waals surface area (Å²) in [6.45, 7) is 1.93. The van der Waals surface area contributed by atoms with Gasteiger partial charge in [-0.05, 0) is 30.7 Å². The van der Waals surface area contributed by atoms with Crippen molar-refractivity contribution in [3.8, 4) is 28.7 Å². The first kappa shape index (κ1) is 19.6. The molecule has 0 fully saturated rings. The molecule has 0 spiro atoms. The van der Waals surface area contributed by atoms with E-state index < -0.39 is 10.9 Å². The van der Waals surface area contributed by atoms with E-state index in [0.29, 0.717) is 22.4 Å². The van der Waals surface area contributed by atoms with E-state index >= 15 is 0 Å². The van der Waals surface area contributed by atoms with Gasteiger partial charge in [-0.15, -0.1) is 0 Å². The molecule has 8 nitrogen and oxygen atoms in total. The Kier molecular flexibility index (Phi) is 5.60. The molecule has 0 aliphatic heterocycles. The number of carbonyl (C=O) groups is 1. The summed E-state index contributed by atoms with van der Waals surface area (Å²) in [6.07, 6.45) is 1.57. The highest BCUT2D eigenvalue weighted by Crippen LogP contribution is 2.34. The van der Waals surface area contributed by atoms with Gasteiger partial charge in [0.1, 0.15) is 17.5 Å². The van der Waals surface area contributed by atoms with Gasteiger partial charge in [0.05, 0.1) is 17.1 Å². The maximum Gasteiger partial charge on any atom is 0.355 e. The lowest BCUT2D eigenvalue weighted by Gasteiger charge is -2.09. The van der Waals surface area contributed by atoms with Gasteiger partial charge < -0.3 is 14.0 Å². The monoisotopic (exact) mass is 391 g/mol. The SMILES string of the molecule is CCOC(=O)c1c(-c2ccc(Oc3ccccc3[N+](=O)[O-])cc2)c(C#N)cn1C. The molecule has 8 heteroatoms. The zero-order valence-electron chi connectivity index (χ0n) is 15.8. The van der Waals surface area contributed by atoms with Crippen LogP contribution in [0.5, 0.6) is 11.5 Å². The Hall–Kier alpha value is -4.12. The van der Waals surface area contributed by atoms with Gasteiger partial charge in [-0.1, -0.05) is 24.3 Å². The smallest absolute Gasteiger partial charge is 0.355 e. The molecule has 0 aliphatic carbocycles. The van der Waals surface area contributed by atoms with Gasteiger partial charge in [-0.25, -0.2) is 4.79 Å². The van der Waals surface area contributed by atoms with Crippen LogP contribution in [0.15, 0.2) is 54.7 Å². The number of para-hydroxylation sites is 2. The van der Waals surface area contributed by atoms with Gasteiger partial charge in [0.25, 0.3) is 0 Å². The summed E-state index contributed by atoms with van der Waals surface area (Å²) >= 11 is 0. The molecule has 0 radical (unpaired) electrons. The standard InChI is InChI=1S/C21H17N3O5/c1-3-28-21(25)20-19(15(12-22)13-23(20)2)14-8-10-16(11-9-14)29-18-7-5-4-6-17(18)24(26)27/h4-11,13H,3H2,1-2H3. The predicted molar refractivity (Wildman–Crippen MR) is 105 cm³/mol. The summed E-state index contributed by atoms with van der Waals surface area (Å²) in [5, 5.41) is 20.6. The highest BCUT2D eigenvalue weighted by Gasteiger charge is 2.23. The number of ether oxygens (including phenoxy) is 2. The Bertz CT molecular complexity index is 1110. The van der Waals surface area contributed by atoms with Crippen LogP contribution in [-0.4, -0.2) is 22.1 Å². The van der Waals surface area contributed by atoms with E-state index in [1.807, 2.05) is 0 Å². The minimum Gasteiger partial charge on any atom is -0.461 e. The minimum absolute atomic E-state index is 0.120. The third kappa shape index (κ3) is 3.94. The summed E-state index contributed by atoms with van der Waals surface area (Å²) in [4.78, 5) is 23.0. The highest BCUT2D eigenvalue weighted by molar-refractivity contribution is 5.97. The van der Waals surface area contributed by atoms with Gasteiger partial charge in [-0.3, -0.25) is 10.1 Å². The molecule has 3 rings (SSSR count). The topological polar surface area (TPSA) is 107 Å². The first-order valence-electron chi connectivity index (χ1n) is 8.74. The van der Waals surface area contributed by atoms with Gasteiger partial charge in [0.2, 0.25) is 5.75 Å². The molecule has 0 atom stereocenters. The Morgan fingerprint density at radius 3 is 2.52 bits per heavy atom. The van der Waals surface area contributed by atoms with Gasteiger partial charge in [0.15, 0.2) is 0 Å². The van der Waals surface area contributed by atoms with Crippen molar-refractivity contribution in [2.75, 3.05) is 6.61 Å². The maximum atomic E-state index is 12.4. The Morgan fingerprint density at radius 2 is 1.90 bits per heavy atom. The minimum atomic E-state index is -0.522. The van der Waals surface area contributed by atoms with Crippen LogP contribution in [0.2, 0.25) is 0 Å². The second-order valence-electron chi connectivity index (χ2n) is 6.06. The fourth-order valence-corrected chi connectivity index (χ4v) is 2.96. The number of hydrogen-bond acceptors (Lipinski definition) is 6. The number of nitrogens with zero attached hydrogens (tertiary/aromatic N) is 3. The first-order chi connectivity index (χ1) is 14.0. The number of nitro groups is 1. The second kappa shape index (κ2) is 8.27. The number of carbonyl (C=O) groups excluding carboxylic acids is 1. The van der Waals surface area contributed by atoms with Crippen LogP contribution in [0.25, 0.3) is 11.1 Å². The van der Waals surface area contributed by atoms with E-state index in [9.17, 15) is 20.2 Å². The molecule has 1 aromatic heterocycles. The maximum absolute atomic E-state index is 12.4. The molecule has 146 valence electrons. The lowest BCUT2D eigenvalue weighted by molar-refractivity contribution is -0.385. The Balaban J connectivity index is 1.97. The predicted octanol–water partition coefficient (Wildman–Crippen LogP) is 4.44. The Labute approximate surface area is 166 Å². The van der Waals surface area contributed by atoms with Crippen molar-refractivity contribution < 1.29 is 19.2 Å². The van der Waals surface area contributed by atoms with E-state index in [1.54, 1.807) is 61.1 Å². The number of aromatic nitrogens is 1. The van der Waals surface area contributed by atoms with Crippen molar-refractivity contribution in [1.29, 1.82) is 5.26 Å². The van der Waals surface area contributed by atoms with Crippen LogP contribution in [-0.2, 0) is 11.8 Å². The molecule has 2 aromatic carbocycles. The first-order valence-corrected chi connectivity index (χ1v) is 8.74. The zero-order chi connectivity index (χ0) is 21.0. The van der Waals surface area contributed by atoms with Crippen LogP contribution >= 0.6 is 0 Å². The van der Waals surface area contributed by atoms with Crippen LogP contribution in [0.3, 0.4) is 0 Å². The quantitative estimate of drug-likeness (QED) is 0.349. The van der Waals surface area contributed by atoms with Crippen molar-refractivity contribution in [1.82, 2.24) is 4.57 Å². The lowest BCUT2D eigenvalue weighted by Crippen LogP contribution is -2.10. The molecule has 0 saturated carbocycles. The largest absolute Gasteiger partial charge is 0.461 e. The number of hydrogen-bond donors (Lipinski definition) is 0. The van der Waals surface area contributed by atoms with E-state index in [2.05, 4.69) is 6.07 Å². The molecule has 0 unspecified atom stereocenters. The van der Waals surface area contributed by atoms with E-state index in [0.717, 1.165) is 0 Å². The normalized spacial score (nSPS) is 10.2. The van der Waals surface area contributed by atoms with Gasteiger partial charge in [-0.2, -0.15) is 5.26 Å². The van der Waals surface area contributed by atoms with E-state index in [1.165, 1.54) is 12.1 Å². The average Bonchev–Trinajstić information content (AvgIpc) is 3.05. The molecular formula is C21H17N3O5. The Morgan fingerprint density at radius 1 is 1.21 bits per heavy atom. The lowest BCUT2D eigenvalue weighted by atomic mass is 10.0. The van der Waals surface area contributed by atoms with Gasteiger partial charge in [0, 0.05) is 24.9 Å². The fourth-order valence-electron chi connectivity index (χ4n) is 2.96. The third-order valence-corrected chi connectivity index (χ3v) is 4.20. The van der Waals surface area contributed by atoms with Crippen LogP contribution in [0.1, 0.15) is 23.0 Å². The van der Waals surface area contributed by atoms with Crippen LogP contribution in [0, 0.1) is 21.4 Å². The number of benzene rings is 2. The summed E-state index contributed by atoms with van der Waals surface area (Å²) in [5.41, 5.74) is 1.56. The van der Waals surface area contributed by atoms with Crippen molar-refractivity contribution >= 4 is 11.7 Å². The molecule has 0 N–H and O–H groups in total. The summed E-state index contributed by atoms with van der Waals surface area (Å²) < 4.78 is 12.3. The highest BCUT2D eigenvalue weighted by atomic mass is 16.6. The molecule has 29 heavy (non-hydrogen) atoms.